The largest absolute Gasteiger partial charge is 0.388 e. The zero-order valence-electron chi connectivity index (χ0n) is 9.34. The summed E-state index contributed by atoms with van der Waals surface area (Å²) >= 11 is 5.66. The van der Waals surface area contributed by atoms with Crippen LogP contribution < -0.4 is 0 Å². The summed E-state index contributed by atoms with van der Waals surface area (Å²) in [5.74, 6) is 0.478. The molecule has 1 N–H and O–H groups in total. The van der Waals surface area contributed by atoms with Crippen LogP contribution in [0.1, 0.15) is 12.8 Å². The van der Waals surface area contributed by atoms with Crippen molar-refractivity contribution < 1.29 is 9.84 Å². The molecule has 1 aliphatic heterocycles. The Morgan fingerprint density at radius 2 is 2.13 bits per heavy atom. The van der Waals surface area contributed by atoms with Crippen LogP contribution in [0.2, 0.25) is 0 Å². The van der Waals surface area contributed by atoms with Crippen molar-refractivity contribution in [3.63, 3.8) is 0 Å². The molecular formula is C11H20ClNO2. The van der Waals surface area contributed by atoms with Crippen molar-refractivity contribution in [1.82, 2.24) is 4.90 Å². The molecule has 0 aromatic rings. The summed E-state index contributed by atoms with van der Waals surface area (Å²) in [4.78, 5) is 2.07. The Kier molecular flexibility index (Phi) is 5.06. The molecular weight excluding hydrogens is 214 g/mol. The molecule has 1 rings (SSSR count). The van der Waals surface area contributed by atoms with E-state index in [9.17, 15) is 5.11 Å². The molecule has 0 radical (unpaired) electrons. The van der Waals surface area contributed by atoms with Crippen molar-refractivity contribution in [3.8, 4) is 0 Å². The van der Waals surface area contributed by atoms with E-state index in [-0.39, 0.29) is 0 Å². The third-order valence-electron chi connectivity index (χ3n) is 2.67. The molecule has 15 heavy (non-hydrogen) atoms. The molecule has 0 amide bonds. The fourth-order valence-electron chi connectivity index (χ4n) is 1.89. The van der Waals surface area contributed by atoms with E-state index in [1.54, 1.807) is 0 Å². The molecule has 0 atom stereocenters. The normalized spacial score (nSPS) is 20.5. The van der Waals surface area contributed by atoms with E-state index < -0.39 is 5.60 Å². The molecule has 0 bridgehead atoms. The first-order valence-electron chi connectivity index (χ1n) is 5.27. The van der Waals surface area contributed by atoms with Gasteiger partial charge >= 0.3 is 0 Å². The second-order valence-corrected chi connectivity index (χ2v) is 4.66. The monoisotopic (exact) mass is 233 g/mol. The Morgan fingerprint density at radius 1 is 1.53 bits per heavy atom. The average molecular weight is 234 g/mol. The Hall–Kier alpha value is -0.0900. The molecule has 4 heteroatoms. The van der Waals surface area contributed by atoms with E-state index in [0.717, 1.165) is 12.1 Å². The van der Waals surface area contributed by atoms with Crippen LogP contribution in [0.3, 0.4) is 0 Å². The molecule has 1 fully saturated rings. The van der Waals surface area contributed by atoms with Gasteiger partial charge in [0.25, 0.3) is 0 Å². The highest BCUT2D eigenvalue weighted by molar-refractivity contribution is 6.19. The fourth-order valence-corrected chi connectivity index (χ4v) is 1.98. The van der Waals surface area contributed by atoms with Gasteiger partial charge in [-0.15, -0.1) is 11.6 Å². The average Bonchev–Trinajstić information content (AvgIpc) is 2.17. The van der Waals surface area contributed by atoms with Crippen molar-refractivity contribution in [2.24, 2.45) is 0 Å². The van der Waals surface area contributed by atoms with Gasteiger partial charge in [0.2, 0.25) is 0 Å². The smallest absolute Gasteiger partial charge is 0.0817 e. The summed E-state index contributed by atoms with van der Waals surface area (Å²) in [6.07, 6.45) is 1.43. The topological polar surface area (TPSA) is 32.7 Å². The molecule has 0 aliphatic carbocycles. The lowest BCUT2D eigenvalue weighted by atomic mass is 9.94. The zero-order valence-corrected chi connectivity index (χ0v) is 10.1. The van der Waals surface area contributed by atoms with Crippen molar-refractivity contribution in [3.05, 3.63) is 12.2 Å². The number of hydrogen-bond acceptors (Lipinski definition) is 3. The van der Waals surface area contributed by atoms with Crippen molar-refractivity contribution in [1.29, 1.82) is 0 Å². The zero-order chi connectivity index (χ0) is 11.3. The molecule has 0 aromatic heterocycles. The van der Waals surface area contributed by atoms with Crippen LogP contribution in [-0.4, -0.2) is 54.8 Å². The number of halogens is 1. The van der Waals surface area contributed by atoms with Gasteiger partial charge in [0.05, 0.1) is 5.60 Å². The van der Waals surface area contributed by atoms with Crippen LogP contribution in [0.15, 0.2) is 12.2 Å². The maximum atomic E-state index is 10.2. The van der Waals surface area contributed by atoms with Gasteiger partial charge in [-0.1, -0.05) is 6.58 Å². The Bertz CT molecular complexity index is 215. The lowest BCUT2D eigenvalue weighted by molar-refractivity contribution is -0.0758. The van der Waals surface area contributed by atoms with Crippen LogP contribution in [0.4, 0.5) is 0 Å². The van der Waals surface area contributed by atoms with Gasteiger partial charge in [-0.3, -0.25) is 4.90 Å². The molecule has 0 unspecified atom stereocenters. The summed E-state index contributed by atoms with van der Waals surface area (Å²) < 4.78 is 5.23. The molecule has 0 spiro atoms. The number of likely N-dealkylation sites (N-methyl/N-ethyl adjacent to an activating group) is 1. The first kappa shape index (κ1) is 13.0. The third-order valence-corrected chi connectivity index (χ3v) is 3.05. The minimum absolute atomic E-state index is 0.478. The quantitative estimate of drug-likeness (QED) is 0.573. The summed E-state index contributed by atoms with van der Waals surface area (Å²) in [7, 11) is 1.98. The Balaban J connectivity index is 2.35. The van der Waals surface area contributed by atoms with E-state index in [2.05, 4.69) is 11.5 Å². The first-order chi connectivity index (χ1) is 7.06. The van der Waals surface area contributed by atoms with E-state index >= 15 is 0 Å². The van der Waals surface area contributed by atoms with Gasteiger partial charge < -0.3 is 9.84 Å². The molecule has 0 saturated carbocycles. The molecule has 3 nitrogen and oxygen atoms in total. The second-order valence-electron chi connectivity index (χ2n) is 4.39. The van der Waals surface area contributed by atoms with E-state index in [4.69, 9.17) is 16.3 Å². The highest BCUT2D eigenvalue weighted by Crippen LogP contribution is 2.21. The lowest BCUT2D eigenvalue weighted by Gasteiger charge is -2.35. The molecule has 0 aromatic carbocycles. The maximum absolute atomic E-state index is 10.2. The SMILES string of the molecule is C=C(CCl)CN(C)CC1(O)CCOCC1. The van der Waals surface area contributed by atoms with Crippen LogP contribution >= 0.6 is 11.6 Å². The van der Waals surface area contributed by atoms with E-state index in [0.29, 0.717) is 38.5 Å². The minimum Gasteiger partial charge on any atom is -0.388 e. The number of alkyl halides is 1. The van der Waals surface area contributed by atoms with E-state index in [1.165, 1.54) is 0 Å². The van der Waals surface area contributed by atoms with Crippen molar-refractivity contribution >= 4 is 11.6 Å². The lowest BCUT2D eigenvalue weighted by Crippen LogP contribution is -2.46. The third kappa shape index (κ3) is 4.51. The van der Waals surface area contributed by atoms with Crippen LogP contribution in [0, 0.1) is 0 Å². The summed E-state index contributed by atoms with van der Waals surface area (Å²) in [5, 5.41) is 10.2. The number of hydrogen-bond donors (Lipinski definition) is 1. The molecule has 1 aliphatic rings. The maximum Gasteiger partial charge on any atom is 0.0817 e. The standard InChI is InChI=1S/C11H20ClNO2/c1-10(7-12)8-13(2)9-11(14)3-5-15-6-4-11/h14H,1,3-9H2,2H3. The minimum atomic E-state index is -0.598. The summed E-state index contributed by atoms with van der Waals surface area (Å²) in [6, 6.07) is 0. The Morgan fingerprint density at radius 3 is 2.67 bits per heavy atom. The van der Waals surface area contributed by atoms with Gasteiger partial charge in [0.15, 0.2) is 0 Å². The van der Waals surface area contributed by atoms with Gasteiger partial charge in [-0.05, 0) is 12.6 Å². The number of rotatable bonds is 5. The summed E-state index contributed by atoms with van der Waals surface area (Å²) in [5.41, 5.74) is 0.384. The van der Waals surface area contributed by atoms with E-state index in [1.807, 2.05) is 7.05 Å². The molecule has 1 heterocycles. The number of ether oxygens (including phenoxy) is 1. The number of nitrogens with zero attached hydrogens (tertiary/aromatic N) is 1. The van der Waals surface area contributed by atoms with Crippen molar-refractivity contribution in [2.45, 2.75) is 18.4 Å². The Labute approximate surface area is 96.7 Å². The first-order valence-corrected chi connectivity index (χ1v) is 5.80. The highest BCUT2D eigenvalue weighted by atomic mass is 35.5. The van der Waals surface area contributed by atoms with Crippen LogP contribution in [0.5, 0.6) is 0 Å². The van der Waals surface area contributed by atoms with Crippen LogP contribution in [0.25, 0.3) is 0 Å². The molecule has 88 valence electrons. The fraction of sp³-hybridized carbons (Fsp3) is 0.818. The second kappa shape index (κ2) is 5.85. The highest BCUT2D eigenvalue weighted by Gasteiger charge is 2.30. The van der Waals surface area contributed by atoms with Crippen molar-refractivity contribution in [2.75, 3.05) is 39.2 Å². The van der Waals surface area contributed by atoms with Gasteiger partial charge in [-0.25, -0.2) is 0 Å². The van der Waals surface area contributed by atoms with Gasteiger partial charge in [-0.2, -0.15) is 0 Å². The van der Waals surface area contributed by atoms with Gasteiger partial charge in [0.1, 0.15) is 0 Å². The summed E-state index contributed by atoms with van der Waals surface area (Å²) in [6.45, 7) is 6.56. The predicted molar refractivity (Wildman–Crippen MR) is 62.4 cm³/mol. The molecule has 1 saturated heterocycles. The van der Waals surface area contributed by atoms with Gasteiger partial charge in [0, 0.05) is 45.0 Å². The number of aliphatic hydroxyl groups is 1. The van der Waals surface area contributed by atoms with Crippen LogP contribution in [-0.2, 0) is 4.74 Å². The predicted octanol–water partition coefficient (Wildman–Crippen LogP) is 1.25.